The van der Waals surface area contributed by atoms with Crippen molar-refractivity contribution in [3.8, 4) is 0 Å². The molecule has 0 heterocycles. The van der Waals surface area contributed by atoms with Crippen molar-refractivity contribution in [2.75, 3.05) is 13.2 Å². The van der Waals surface area contributed by atoms with Crippen LogP contribution >= 0.6 is 35.8 Å². The van der Waals surface area contributed by atoms with E-state index in [0.29, 0.717) is 20.5 Å². The minimum absolute atomic E-state index is 0.116. The molecule has 0 saturated heterocycles. The first kappa shape index (κ1) is 12.6. The van der Waals surface area contributed by atoms with Crippen LogP contribution in [0.1, 0.15) is 10.4 Å². The molecule has 1 aromatic rings. The Morgan fingerprint density at radius 2 is 2.00 bits per heavy atom. The maximum absolute atomic E-state index is 11.5. The second kappa shape index (κ2) is 5.61. The van der Waals surface area contributed by atoms with Crippen LogP contribution in [0, 0.1) is 0 Å². The fourth-order valence-electron chi connectivity index (χ4n) is 0.983. The number of amides is 1. The van der Waals surface area contributed by atoms with Crippen molar-refractivity contribution in [3.63, 3.8) is 0 Å². The molecule has 3 nitrogen and oxygen atoms in total. The second-order valence-corrected chi connectivity index (χ2v) is 4.06. The lowest BCUT2D eigenvalue weighted by Gasteiger charge is -2.07. The molecule has 0 radical (unpaired) electrons. The molecule has 0 aromatic heterocycles. The molecule has 1 aromatic carbocycles. The number of nitrogens with one attached hydrogen (secondary N) is 1. The summed E-state index contributed by atoms with van der Waals surface area (Å²) in [7, 11) is 0. The van der Waals surface area contributed by atoms with Crippen LogP contribution in [0.5, 0.6) is 0 Å². The van der Waals surface area contributed by atoms with Gasteiger partial charge in [0.15, 0.2) is 0 Å². The third kappa shape index (κ3) is 3.28. The van der Waals surface area contributed by atoms with Crippen LogP contribution in [-0.2, 0) is 0 Å². The second-order valence-electron chi connectivity index (χ2n) is 2.76. The molecule has 15 heavy (non-hydrogen) atoms. The van der Waals surface area contributed by atoms with Crippen LogP contribution in [0.4, 0.5) is 0 Å². The standard InChI is InChI=1S/C9H9Cl2NO2S/c10-6-3-5(8(15)4-7(6)11)9(14)12-1-2-13/h3-4,13,15H,1-2H2,(H,12,14). The third-order valence-corrected chi connectivity index (χ3v) is 2.77. The van der Waals surface area contributed by atoms with Crippen molar-refractivity contribution < 1.29 is 9.90 Å². The van der Waals surface area contributed by atoms with Gasteiger partial charge in [-0.1, -0.05) is 23.2 Å². The van der Waals surface area contributed by atoms with E-state index in [1.54, 1.807) is 0 Å². The van der Waals surface area contributed by atoms with E-state index in [2.05, 4.69) is 17.9 Å². The summed E-state index contributed by atoms with van der Waals surface area (Å²) in [5, 5.41) is 11.7. The van der Waals surface area contributed by atoms with Gasteiger partial charge in [-0.15, -0.1) is 12.6 Å². The summed E-state index contributed by atoms with van der Waals surface area (Å²) >= 11 is 15.6. The van der Waals surface area contributed by atoms with Crippen LogP contribution in [0.15, 0.2) is 17.0 Å². The van der Waals surface area contributed by atoms with Gasteiger partial charge in [0.2, 0.25) is 0 Å². The topological polar surface area (TPSA) is 49.3 Å². The van der Waals surface area contributed by atoms with Crippen LogP contribution in [0.25, 0.3) is 0 Å². The van der Waals surface area contributed by atoms with Crippen molar-refractivity contribution in [1.29, 1.82) is 0 Å². The summed E-state index contributed by atoms with van der Waals surface area (Å²) in [5.74, 6) is -0.340. The Morgan fingerprint density at radius 1 is 1.40 bits per heavy atom. The van der Waals surface area contributed by atoms with Crippen molar-refractivity contribution in [2.24, 2.45) is 0 Å². The van der Waals surface area contributed by atoms with Gasteiger partial charge in [0, 0.05) is 11.4 Å². The monoisotopic (exact) mass is 265 g/mol. The lowest BCUT2D eigenvalue weighted by molar-refractivity contribution is 0.0942. The Hall–Kier alpha value is -0.420. The van der Waals surface area contributed by atoms with Gasteiger partial charge in [0.25, 0.3) is 5.91 Å². The molecule has 1 amide bonds. The fraction of sp³-hybridized carbons (Fsp3) is 0.222. The molecule has 0 atom stereocenters. The zero-order chi connectivity index (χ0) is 11.4. The fourth-order valence-corrected chi connectivity index (χ4v) is 1.68. The van der Waals surface area contributed by atoms with Crippen LogP contribution < -0.4 is 5.32 Å². The van der Waals surface area contributed by atoms with E-state index in [1.807, 2.05) is 0 Å². The van der Waals surface area contributed by atoms with E-state index in [9.17, 15) is 4.79 Å². The average Bonchev–Trinajstić information content (AvgIpc) is 2.20. The van der Waals surface area contributed by atoms with Crippen LogP contribution in [0.3, 0.4) is 0 Å². The molecule has 0 aliphatic heterocycles. The first-order valence-corrected chi connectivity index (χ1v) is 5.33. The van der Waals surface area contributed by atoms with Gasteiger partial charge < -0.3 is 10.4 Å². The Labute approximate surface area is 103 Å². The van der Waals surface area contributed by atoms with Gasteiger partial charge in [0.1, 0.15) is 0 Å². The van der Waals surface area contributed by atoms with Gasteiger partial charge in [-0.2, -0.15) is 0 Å². The van der Waals surface area contributed by atoms with Crippen molar-refractivity contribution in [1.82, 2.24) is 5.32 Å². The first-order chi connectivity index (χ1) is 7.06. The van der Waals surface area contributed by atoms with E-state index in [4.69, 9.17) is 28.3 Å². The maximum Gasteiger partial charge on any atom is 0.252 e. The van der Waals surface area contributed by atoms with E-state index in [1.165, 1.54) is 12.1 Å². The predicted octanol–water partition coefficient (Wildman–Crippen LogP) is 2.00. The number of hydrogen-bond donors (Lipinski definition) is 3. The van der Waals surface area contributed by atoms with Crippen molar-refractivity contribution >= 4 is 41.7 Å². The molecule has 0 unspecified atom stereocenters. The molecule has 0 bridgehead atoms. The molecule has 1 rings (SSSR count). The molecule has 2 N–H and O–H groups in total. The van der Waals surface area contributed by atoms with E-state index in [-0.39, 0.29) is 19.1 Å². The minimum Gasteiger partial charge on any atom is -0.395 e. The highest BCUT2D eigenvalue weighted by Crippen LogP contribution is 2.27. The number of carbonyl (C=O) groups is 1. The molecule has 0 aliphatic rings. The van der Waals surface area contributed by atoms with Gasteiger partial charge >= 0.3 is 0 Å². The number of rotatable bonds is 3. The summed E-state index contributed by atoms with van der Waals surface area (Å²) < 4.78 is 0. The minimum atomic E-state index is -0.340. The zero-order valence-electron chi connectivity index (χ0n) is 7.63. The summed E-state index contributed by atoms with van der Waals surface area (Å²) in [6, 6.07) is 2.94. The number of carbonyl (C=O) groups excluding carboxylic acids is 1. The lowest BCUT2D eigenvalue weighted by atomic mass is 10.2. The SMILES string of the molecule is O=C(NCCO)c1cc(Cl)c(Cl)cc1S. The van der Waals surface area contributed by atoms with E-state index >= 15 is 0 Å². The van der Waals surface area contributed by atoms with Gasteiger partial charge in [0.05, 0.1) is 22.2 Å². The largest absolute Gasteiger partial charge is 0.395 e. The lowest BCUT2D eigenvalue weighted by Crippen LogP contribution is -2.26. The molecule has 0 fully saturated rings. The van der Waals surface area contributed by atoms with Gasteiger partial charge in [-0.3, -0.25) is 4.79 Å². The van der Waals surface area contributed by atoms with Gasteiger partial charge in [-0.25, -0.2) is 0 Å². The molecule has 0 saturated carbocycles. The highest BCUT2D eigenvalue weighted by Gasteiger charge is 2.11. The first-order valence-electron chi connectivity index (χ1n) is 4.13. The number of aliphatic hydroxyl groups is 1. The normalized spacial score (nSPS) is 10.1. The van der Waals surface area contributed by atoms with E-state index in [0.717, 1.165) is 0 Å². The number of benzene rings is 1. The van der Waals surface area contributed by atoms with E-state index < -0.39 is 0 Å². The number of halogens is 2. The third-order valence-electron chi connectivity index (χ3n) is 1.68. The van der Waals surface area contributed by atoms with Crippen LogP contribution in [-0.4, -0.2) is 24.2 Å². The smallest absolute Gasteiger partial charge is 0.252 e. The molecule has 6 heteroatoms. The zero-order valence-corrected chi connectivity index (χ0v) is 10.0. The van der Waals surface area contributed by atoms with Crippen LogP contribution in [0.2, 0.25) is 10.0 Å². The average molecular weight is 266 g/mol. The number of aliphatic hydroxyl groups excluding tert-OH is 1. The highest BCUT2D eigenvalue weighted by molar-refractivity contribution is 7.80. The summed E-state index contributed by atoms with van der Waals surface area (Å²) in [6.07, 6.45) is 0. The predicted molar refractivity (Wildman–Crippen MR) is 63.1 cm³/mol. The molecular weight excluding hydrogens is 257 g/mol. The molecule has 82 valence electrons. The van der Waals surface area contributed by atoms with Crippen molar-refractivity contribution in [2.45, 2.75) is 4.90 Å². The Balaban J connectivity index is 2.94. The highest BCUT2D eigenvalue weighted by atomic mass is 35.5. The Morgan fingerprint density at radius 3 is 2.60 bits per heavy atom. The van der Waals surface area contributed by atoms with Gasteiger partial charge in [-0.05, 0) is 12.1 Å². The summed E-state index contributed by atoms with van der Waals surface area (Å²) in [5.41, 5.74) is 0.334. The van der Waals surface area contributed by atoms with Crippen molar-refractivity contribution in [3.05, 3.63) is 27.7 Å². The molecular formula is C9H9Cl2NO2S. The number of hydrogen-bond acceptors (Lipinski definition) is 3. The summed E-state index contributed by atoms with van der Waals surface area (Å²) in [6.45, 7) is 0.0707. The Kier molecular flexibility index (Phi) is 4.73. The molecule has 0 spiro atoms. The Bertz CT molecular complexity index is 385. The summed E-state index contributed by atoms with van der Waals surface area (Å²) in [4.78, 5) is 12.0. The maximum atomic E-state index is 11.5. The number of thiol groups is 1. The quantitative estimate of drug-likeness (QED) is 0.733. The molecule has 0 aliphatic carbocycles.